The molecule has 1 heterocycles. The lowest BCUT2D eigenvalue weighted by Crippen LogP contribution is -2.15. The third-order valence-corrected chi connectivity index (χ3v) is 5.97. The zero-order chi connectivity index (χ0) is 15.9. The number of hydrogen-bond acceptors (Lipinski definition) is 3. The van der Waals surface area contributed by atoms with Crippen molar-refractivity contribution >= 4 is 53.6 Å². The van der Waals surface area contributed by atoms with Gasteiger partial charge in [0, 0.05) is 9.86 Å². The molecule has 0 bridgehead atoms. The van der Waals surface area contributed by atoms with Gasteiger partial charge in [-0.2, -0.15) is 0 Å². The number of nitrogens with one attached hydrogen (secondary N) is 1. The quantitative estimate of drug-likeness (QED) is 0.654. The standard InChI is InChI=1S/C15H10BrClN2O2S/c16-12-7-4-8-13-11(12)9-14(15(17)20)19(13)22(18,21)10-5-2-1-3-6-10/h1-9,18H. The van der Waals surface area contributed by atoms with Gasteiger partial charge in [-0.05, 0) is 41.9 Å². The molecule has 4 nitrogen and oxygen atoms in total. The molecule has 0 aliphatic rings. The van der Waals surface area contributed by atoms with Crippen molar-refractivity contribution in [3.8, 4) is 0 Å². The smallest absolute Gasteiger partial charge is 0.269 e. The molecule has 7 heteroatoms. The fraction of sp³-hybridized carbons (Fsp3) is 0. The number of nitrogens with zero attached hydrogens (tertiary/aromatic N) is 1. The normalized spacial score (nSPS) is 13.9. The van der Waals surface area contributed by atoms with Gasteiger partial charge in [0.1, 0.15) is 5.69 Å². The molecule has 0 spiro atoms. The van der Waals surface area contributed by atoms with Gasteiger partial charge in [-0.3, -0.25) is 4.79 Å². The van der Waals surface area contributed by atoms with Crippen LogP contribution in [0.15, 0.2) is 64.0 Å². The van der Waals surface area contributed by atoms with E-state index in [0.29, 0.717) is 15.8 Å². The highest BCUT2D eigenvalue weighted by Gasteiger charge is 2.23. The Bertz CT molecular complexity index is 981. The first-order chi connectivity index (χ1) is 10.4. The van der Waals surface area contributed by atoms with E-state index in [1.165, 1.54) is 3.97 Å². The Balaban J connectivity index is 2.42. The van der Waals surface area contributed by atoms with Gasteiger partial charge in [0.15, 0.2) is 9.92 Å². The highest BCUT2D eigenvalue weighted by atomic mass is 79.9. The second kappa shape index (κ2) is 5.53. The number of aromatic nitrogens is 1. The lowest BCUT2D eigenvalue weighted by atomic mass is 10.2. The molecule has 0 aliphatic heterocycles. The second-order valence-electron chi connectivity index (χ2n) is 4.61. The summed E-state index contributed by atoms with van der Waals surface area (Å²) in [6.07, 6.45) is 0. The minimum atomic E-state index is -3.42. The summed E-state index contributed by atoms with van der Waals surface area (Å²) in [4.78, 5) is 12.1. The third kappa shape index (κ3) is 2.37. The molecule has 22 heavy (non-hydrogen) atoms. The van der Waals surface area contributed by atoms with Gasteiger partial charge in [0.25, 0.3) is 5.24 Å². The van der Waals surface area contributed by atoms with Crippen LogP contribution in [0.2, 0.25) is 0 Å². The fourth-order valence-electron chi connectivity index (χ4n) is 2.29. The summed E-state index contributed by atoms with van der Waals surface area (Å²) in [5.74, 6) is 0. The minimum Gasteiger partial charge on any atom is -0.274 e. The van der Waals surface area contributed by atoms with Gasteiger partial charge < -0.3 is 0 Å². The van der Waals surface area contributed by atoms with Crippen LogP contribution in [-0.2, 0) is 9.92 Å². The number of halogens is 2. The Labute approximate surface area is 140 Å². The predicted molar refractivity (Wildman–Crippen MR) is 90.8 cm³/mol. The van der Waals surface area contributed by atoms with Crippen molar-refractivity contribution in [2.24, 2.45) is 0 Å². The first-order valence-electron chi connectivity index (χ1n) is 6.27. The number of benzene rings is 2. The molecule has 1 aromatic heterocycles. The molecule has 0 saturated carbocycles. The fourth-order valence-corrected chi connectivity index (χ4v) is 4.54. The molecular formula is C15H10BrClN2O2S. The van der Waals surface area contributed by atoms with Crippen LogP contribution in [0.5, 0.6) is 0 Å². The largest absolute Gasteiger partial charge is 0.274 e. The molecule has 112 valence electrons. The Morgan fingerprint density at radius 3 is 2.45 bits per heavy atom. The van der Waals surface area contributed by atoms with E-state index in [0.717, 1.165) is 4.47 Å². The molecule has 1 N–H and O–H groups in total. The molecular weight excluding hydrogens is 388 g/mol. The van der Waals surface area contributed by atoms with E-state index < -0.39 is 15.2 Å². The van der Waals surface area contributed by atoms with E-state index in [4.69, 9.17) is 16.4 Å². The highest BCUT2D eigenvalue weighted by molar-refractivity contribution is 9.10. The monoisotopic (exact) mass is 396 g/mol. The molecule has 1 unspecified atom stereocenters. The van der Waals surface area contributed by atoms with Gasteiger partial charge in [-0.25, -0.2) is 13.0 Å². The van der Waals surface area contributed by atoms with Crippen molar-refractivity contribution in [3.63, 3.8) is 0 Å². The van der Waals surface area contributed by atoms with Gasteiger partial charge in [-0.1, -0.05) is 40.2 Å². The third-order valence-electron chi connectivity index (χ3n) is 3.27. The van der Waals surface area contributed by atoms with Crippen LogP contribution in [0.4, 0.5) is 0 Å². The van der Waals surface area contributed by atoms with Crippen LogP contribution in [-0.4, -0.2) is 13.4 Å². The zero-order valence-electron chi connectivity index (χ0n) is 11.1. The molecule has 0 aliphatic carbocycles. The van der Waals surface area contributed by atoms with E-state index in [9.17, 15) is 9.00 Å². The molecule has 0 fully saturated rings. The summed E-state index contributed by atoms with van der Waals surface area (Å²) in [6.45, 7) is 0. The van der Waals surface area contributed by atoms with E-state index in [1.807, 2.05) is 6.07 Å². The van der Waals surface area contributed by atoms with Crippen molar-refractivity contribution < 1.29 is 9.00 Å². The average molecular weight is 398 g/mol. The van der Waals surface area contributed by atoms with Crippen LogP contribution in [0.25, 0.3) is 10.9 Å². The van der Waals surface area contributed by atoms with Crippen molar-refractivity contribution in [2.75, 3.05) is 0 Å². The van der Waals surface area contributed by atoms with Crippen molar-refractivity contribution in [2.45, 2.75) is 4.90 Å². The first-order valence-corrected chi connectivity index (χ1v) is 8.95. The summed E-state index contributed by atoms with van der Waals surface area (Å²) in [5, 5.41) is -0.0681. The zero-order valence-corrected chi connectivity index (χ0v) is 14.3. The number of fused-ring (bicyclic) bond motifs is 1. The summed E-state index contributed by atoms with van der Waals surface area (Å²) in [7, 11) is -3.42. The van der Waals surface area contributed by atoms with Crippen molar-refractivity contribution in [1.29, 1.82) is 4.78 Å². The highest BCUT2D eigenvalue weighted by Crippen LogP contribution is 2.31. The number of hydrogen-bond donors (Lipinski definition) is 1. The van der Waals surface area contributed by atoms with Gasteiger partial charge in [0.05, 0.1) is 10.4 Å². The lowest BCUT2D eigenvalue weighted by Gasteiger charge is -2.13. The molecule has 3 aromatic rings. The lowest BCUT2D eigenvalue weighted by molar-refractivity contribution is 0.107. The van der Waals surface area contributed by atoms with Crippen LogP contribution in [0.3, 0.4) is 0 Å². The van der Waals surface area contributed by atoms with Crippen LogP contribution < -0.4 is 0 Å². The maximum atomic E-state index is 13.1. The van der Waals surface area contributed by atoms with Gasteiger partial charge in [0.2, 0.25) is 0 Å². The summed E-state index contributed by atoms with van der Waals surface area (Å²) >= 11 is 9.04. The topological polar surface area (TPSA) is 62.9 Å². The molecule has 3 rings (SSSR count). The second-order valence-corrected chi connectivity index (χ2v) is 7.70. The summed E-state index contributed by atoms with van der Waals surface area (Å²) in [6, 6.07) is 15.2. The Kier molecular flexibility index (Phi) is 3.84. The van der Waals surface area contributed by atoms with Crippen LogP contribution in [0, 0.1) is 4.78 Å². The Morgan fingerprint density at radius 1 is 1.14 bits per heavy atom. The number of rotatable bonds is 3. The van der Waals surface area contributed by atoms with E-state index in [2.05, 4.69) is 15.9 Å². The molecule has 2 aromatic carbocycles. The summed E-state index contributed by atoms with van der Waals surface area (Å²) < 4.78 is 23.4. The minimum absolute atomic E-state index is 0.0346. The average Bonchev–Trinajstić information content (AvgIpc) is 2.90. The number of carbonyl (C=O) groups excluding carboxylic acids is 1. The van der Waals surface area contributed by atoms with E-state index in [-0.39, 0.29) is 5.69 Å². The molecule has 0 saturated heterocycles. The van der Waals surface area contributed by atoms with Crippen molar-refractivity contribution in [1.82, 2.24) is 3.97 Å². The number of carbonyl (C=O) groups is 1. The van der Waals surface area contributed by atoms with E-state index in [1.54, 1.807) is 48.5 Å². The van der Waals surface area contributed by atoms with E-state index >= 15 is 0 Å². The van der Waals surface area contributed by atoms with Gasteiger partial charge in [-0.15, -0.1) is 0 Å². The molecule has 1 atom stereocenters. The SMILES string of the molecule is N=S(=O)(c1ccccc1)n1c(C(=O)Cl)cc2c(Br)cccc21. The Hall–Kier alpha value is -1.63. The van der Waals surface area contributed by atoms with Crippen LogP contribution >= 0.6 is 27.5 Å². The maximum absolute atomic E-state index is 13.1. The predicted octanol–water partition coefficient (Wildman–Crippen LogP) is 4.65. The Morgan fingerprint density at radius 2 is 1.82 bits per heavy atom. The maximum Gasteiger partial charge on any atom is 0.269 e. The van der Waals surface area contributed by atoms with Gasteiger partial charge >= 0.3 is 0 Å². The van der Waals surface area contributed by atoms with Crippen LogP contribution in [0.1, 0.15) is 10.5 Å². The molecule has 0 amide bonds. The van der Waals surface area contributed by atoms with Crippen molar-refractivity contribution in [3.05, 3.63) is 64.8 Å². The first kappa shape index (κ1) is 15.3. The molecule has 0 radical (unpaired) electrons. The summed E-state index contributed by atoms with van der Waals surface area (Å²) in [5.41, 5.74) is 0.551.